The maximum Gasteiger partial charge on any atom is 0.279 e. The molecular weight excluding hydrogens is 414 g/mol. The molecule has 2 aromatic carbocycles. The number of rotatable bonds is 5. The summed E-state index contributed by atoms with van der Waals surface area (Å²) in [5, 5.41) is 10.8. The van der Waals surface area contributed by atoms with E-state index in [2.05, 4.69) is 4.99 Å². The van der Waals surface area contributed by atoms with Crippen molar-refractivity contribution in [1.82, 2.24) is 4.57 Å². The van der Waals surface area contributed by atoms with Crippen LogP contribution in [-0.4, -0.2) is 40.6 Å². The van der Waals surface area contributed by atoms with E-state index in [-0.39, 0.29) is 5.69 Å². The van der Waals surface area contributed by atoms with E-state index in [1.165, 1.54) is 35.6 Å². The molecule has 0 aliphatic carbocycles. The number of ether oxygens (including phenoxy) is 2. The summed E-state index contributed by atoms with van der Waals surface area (Å²) in [4.78, 5) is 27.8. The average Bonchev–Trinajstić information content (AvgIpc) is 3.06. The first kappa shape index (κ1) is 19.5. The van der Waals surface area contributed by atoms with Gasteiger partial charge in [-0.15, -0.1) is 0 Å². The molecule has 29 heavy (non-hydrogen) atoms. The fourth-order valence-electron chi connectivity index (χ4n) is 2.97. The van der Waals surface area contributed by atoms with Gasteiger partial charge < -0.3 is 14.0 Å². The van der Waals surface area contributed by atoms with Crippen molar-refractivity contribution in [3.63, 3.8) is 0 Å². The Bertz CT molecular complexity index is 1150. The molecule has 4 rings (SSSR count). The van der Waals surface area contributed by atoms with Gasteiger partial charge in [0.2, 0.25) is 0 Å². The van der Waals surface area contributed by atoms with Crippen molar-refractivity contribution in [3.05, 3.63) is 56.9 Å². The maximum absolute atomic E-state index is 12.7. The molecule has 0 fully saturated rings. The largest absolute Gasteiger partial charge is 0.486 e. The van der Waals surface area contributed by atoms with Crippen molar-refractivity contribution >= 4 is 44.9 Å². The Morgan fingerprint density at radius 1 is 1.24 bits per heavy atom. The van der Waals surface area contributed by atoms with Crippen molar-refractivity contribution in [3.8, 4) is 11.5 Å². The number of nitrogens with zero attached hydrogens (tertiary/aromatic N) is 3. The number of fused-ring (bicyclic) bond motifs is 2. The van der Waals surface area contributed by atoms with Crippen LogP contribution in [0.1, 0.15) is 10.4 Å². The highest BCUT2D eigenvalue weighted by atomic mass is 32.2. The molecule has 0 N–H and O–H groups in total. The van der Waals surface area contributed by atoms with Crippen LogP contribution in [0.2, 0.25) is 0 Å². The molecule has 150 valence electrons. The van der Waals surface area contributed by atoms with Crippen molar-refractivity contribution in [2.75, 3.05) is 25.2 Å². The molecule has 2 heterocycles. The smallest absolute Gasteiger partial charge is 0.279 e. The first-order chi connectivity index (χ1) is 14.1. The normalized spacial score (nSPS) is 13.6. The number of hydrogen-bond donors (Lipinski definition) is 0. The molecule has 0 saturated carbocycles. The number of thiazole rings is 1. The third kappa shape index (κ3) is 3.99. The molecule has 1 aromatic heterocycles. The molecule has 0 radical (unpaired) electrons. The summed E-state index contributed by atoms with van der Waals surface area (Å²) in [6.45, 7) is 1.70. The van der Waals surface area contributed by atoms with Gasteiger partial charge in [-0.2, -0.15) is 16.8 Å². The summed E-state index contributed by atoms with van der Waals surface area (Å²) in [5.74, 6) is 1.80. The summed E-state index contributed by atoms with van der Waals surface area (Å²) in [7, 11) is 0. The standard InChI is InChI=1S/C19H17N3O5S2/c1-28-9-6-21-14-10-15-16(27-8-7-26-15)11-17(14)29-19(21)20-18(23)12-2-4-13(5-3-12)22(24)25/h2-5,10-11H,6-9H2,1H3. The molecule has 1 aliphatic heterocycles. The molecule has 1 amide bonds. The van der Waals surface area contributed by atoms with Gasteiger partial charge in [0.05, 0.1) is 15.1 Å². The lowest BCUT2D eigenvalue weighted by Gasteiger charge is -2.18. The summed E-state index contributed by atoms with van der Waals surface area (Å²) in [5.41, 5.74) is 1.17. The number of thioether (sulfide) groups is 1. The number of amides is 1. The van der Waals surface area contributed by atoms with Gasteiger partial charge in [-0.05, 0) is 18.4 Å². The molecule has 8 nitrogen and oxygen atoms in total. The summed E-state index contributed by atoms with van der Waals surface area (Å²) in [6.07, 6.45) is 2.02. The number of non-ortho nitro benzene ring substituents is 1. The third-order valence-corrected chi connectivity index (χ3v) is 6.02. The summed E-state index contributed by atoms with van der Waals surface area (Å²) >= 11 is 3.10. The zero-order chi connectivity index (χ0) is 20.4. The minimum atomic E-state index is -0.500. The van der Waals surface area contributed by atoms with Crippen LogP contribution in [0, 0.1) is 10.1 Å². The third-order valence-electron chi connectivity index (χ3n) is 4.39. The van der Waals surface area contributed by atoms with E-state index in [0.717, 1.165) is 16.0 Å². The molecular formula is C19H17N3O5S2. The van der Waals surface area contributed by atoms with Crippen LogP contribution in [0.3, 0.4) is 0 Å². The molecule has 0 unspecified atom stereocenters. The lowest BCUT2D eigenvalue weighted by atomic mass is 10.2. The molecule has 0 saturated heterocycles. The minimum Gasteiger partial charge on any atom is -0.486 e. The van der Waals surface area contributed by atoms with Crippen LogP contribution < -0.4 is 14.3 Å². The van der Waals surface area contributed by atoms with Crippen molar-refractivity contribution in [2.45, 2.75) is 6.54 Å². The highest BCUT2D eigenvalue weighted by molar-refractivity contribution is 7.98. The van der Waals surface area contributed by atoms with Crippen LogP contribution in [0.25, 0.3) is 10.2 Å². The van der Waals surface area contributed by atoms with Crippen molar-refractivity contribution in [1.29, 1.82) is 0 Å². The molecule has 0 bridgehead atoms. The second-order valence-corrected chi connectivity index (χ2v) is 8.21. The van der Waals surface area contributed by atoms with Crippen LogP contribution in [0.4, 0.5) is 5.69 Å². The van der Waals surface area contributed by atoms with E-state index in [1.54, 1.807) is 11.8 Å². The Kier molecular flexibility index (Phi) is 5.54. The lowest BCUT2D eigenvalue weighted by Crippen LogP contribution is -2.18. The minimum absolute atomic E-state index is 0.0657. The Balaban J connectivity index is 1.78. The van der Waals surface area contributed by atoms with E-state index < -0.39 is 10.8 Å². The number of benzene rings is 2. The zero-order valence-corrected chi connectivity index (χ0v) is 17.1. The van der Waals surface area contributed by atoms with Gasteiger partial charge in [-0.25, -0.2) is 0 Å². The fraction of sp³-hybridized carbons (Fsp3) is 0.263. The van der Waals surface area contributed by atoms with Crippen molar-refractivity contribution < 1.29 is 19.2 Å². The topological polar surface area (TPSA) is 96.0 Å². The van der Waals surface area contributed by atoms with Crippen LogP contribution in [0.15, 0.2) is 41.4 Å². The monoisotopic (exact) mass is 431 g/mol. The van der Waals surface area contributed by atoms with Crippen molar-refractivity contribution in [2.24, 2.45) is 4.99 Å². The van der Waals surface area contributed by atoms with Crippen LogP contribution in [0.5, 0.6) is 11.5 Å². The summed E-state index contributed by atoms with van der Waals surface area (Å²) in [6, 6.07) is 9.29. The van der Waals surface area contributed by atoms with Crippen LogP contribution >= 0.6 is 23.1 Å². The lowest BCUT2D eigenvalue weighted by molar-refractivity contribution is -0.384. The molecule has 10 heteroatoms. The quantitative estimate of drug-likeness (QED) is 0.453. The van der Waals surface area contributed by atoms with Gasteiger partial charge in [0.25, 0.3) is 11.6 Å². The Hall–Kier alpha value is -2.85. The average molecular weight is 431 g/mol. The van der Waals surface area contributed by atoms with E-state index >= 15 is 0 Å². The number of nitro groups is 1. The first-order valence-corrected chi connectivity index (χ1v) is 11.0. The molecule has 1 aliphatic rings. The maximum atomic E-state index is 12.7. The van der Waals surface area contributed by atoms with E-state index in [4.69, 9.17) is 9.47 Å². The Morgan fingerprint density at radius 3 is 2.59 bits per heavy atom. The fourth-order valence-corrected chi connectivity index (χ4v) is 4.40. The van der Waals surface area contributed by atoms with E-state index in [1.807, 2.05) is 23.0 Å². The second kappa shape index (κ2) is 8.26. The Morgan fingerprint density at radius 2 is 1.93 bits per heavy atom. The number of carbonyl (C=O) groups is 1. The zero-order valence-electron chi connectivity index (χ0n) is 15.5. The van der Waals surface area contributed by atoms with Gasteiger partial charge in [0.1, 0.15) is 13.2 Å². The van der Waals surface area contributed by atoms with Crippen LogP contribution in [-0.2, 0) is 6.54 Å². The van der Waals surface area contributed by atoms with Gasteiger partial charge in [0, 0.05) is 42.1 Å². The molecule has 3 aromatic rings. The first-order valence-electron chi connectivity index (χ1n) is 8.82. The van der Waals surface area contributed by atoms with E-state index in [9.17, 15) is 14.9 Å². The predicted octanol–water partition coefficient (Wildman–Crippen LogP) is 3.49. The van der Waals surface area contributed by atoms with E-state index in [0.29, 0.717) is 41.6 Å². The predicted molar refractivity (Wildman–Crippen MR) is 112 cm³/mol. The SMILES string of the molecule is CSCCn1c(=NC(=O)c2ccc([N+](=O)[O-])cc2)sc2cc3c(cc21)OCCO3. The number of carbonyl (C=O) groups excluding carboxylic acids is 1. The number of aryl methyl sites for hydroxylation is 1. The highest BCUT2D eigenvalue weighted by Crippen LogP contribution is 2.35. The summed E-state index contributed by atoms with van der Waals surface area (Å²) < 4.78 is 14.3. The highest BCUT2D eigenvalue weighted by Gasteiger charge is 2.17. The molecule has 0 spiro atoms. The number of hydrogen-bond acceptors (Lipinski definition) is 7. The van der Waals surface area contributed by atoms with Gasteiger partial charge in [-0.3, -0.25) is 14.9 Å². The van der Waals surface area contributed by atoms with Gasteiger partial charge in [0.15, 0.2) is 16.3 Å². The second-order valence-electron chi connectivity index (χ2n) is 6.21. The number of aromatic nitrogens is 1. The van der Waals surface area contributed by atoms with Gasteiger partial charge >= 0.3 is 0 Å². The number of nitro benzene ring substituents is 1. The Labute approximate surface area is 173 Å². The molecule has 0 atom stereocenters. The van der Waals surface area contributed by atoms with Gasteiger partial charge in [-0.1, -0.05) is 11.3 Å².